The van der Waals surface area contributed by atoms with Gasteiger partial charge in [0.25, 0.3) is 0 Å². The Labute approximate surface area is 90.5 Å². The highest BCUT2D eigenvalue weighted by atomic mass is 16.8. The summed E-state index contributed by atoms with van der Waals surface area (Å²) < 4.78 is 17.2. The highest BCUT2D eigenvalue weighted by Crippen LogP contribution is 2.49. The van der Waals surface area contributed by atoms with Gasteiger partial charge in [-0.3, -0.25) is 0 Å². The SMILES string of the molecule is CC[C@]1(C)[C@@H](CO)O[C@@H]2OC(C)(C)O[C@@H]21. The summed E-state index contributed by atoms with van der Waals surface area (Å²) in [5, 5.41) is 9.28. The number of aliphatic hydroxyl groups excluding tert-OH is 1. The zero-order chi connectivity index (χ0) is 11.3. The van der Waals surface area contributed by atoms with Crippen LogP contribution < -0.4 is 0 Å². The maximum absolute atomic E-state index is 9.28. The first-order valence-corrected chi connectivity index (χ1v) is 5.55. The van der Waals surface area contributed by atoms with Gasteiger partial charge in [0.15, 0.2) is 12.1 Å². The molecule has 2 rings (SSSR count). The number of aliphatic hydroxyl groups is 1. The van der Waals surface area contributed by atoms with Crippen LogP contribution in [0, 0.1) is 5.41 Å². The Morgan fingerprint density at radius 2 is 1.87 bits per heavy atom. The summed E-state index contributed by atoms with van der Waals surface area (Å²) in [6.45, 7) is 7.97. The second kappa shape index (κ2) is 3.42. The van der Waals surface area contributed by atoms with Crippen molar-refractivity contribution in [2.45, 2.75) is 58.4 Å². The minimum absolute atomic E-state index is 0.0183. The molecule has 15 heavy (non-hydrogen) atoms. The van der Waals surface area contributed by atoms with Crippen LogP contribution in [0.1, 0.15) is 34.1 Å². The lowest BCUT2D eigenvalue weighted by atomic mass is 9.78. The second-order valence-electron chi connectivity index (χ2n) is 5.09. The van der Waals surface area contributed by atoms with Crippen molar-refractivity contribution in [3.63, 3.8) is 0 Å². The molecule has 88 valence electrons. The van der Waals surface area contributed by atoms with Gasteiger partial charge in [0.2, 0.25) is 0 Å². The lowest BCUT2D eigenvalue weighted by Crippen LogP contribution is -2.40. The third-order valence-corrected chi connectivity index (χ3v) is 3.67. The lowest BCUT2D eigenvalue weighted by Gasteiger charge is -2.33. The number of hydrogen-bond donors (Lipinski definition) is 1. The zero-order valence-electron chi connectivity index (χ0n) is 9.82. The van der Waals surface area contributed by atoms with E-state index >= 15 is 0 Å². The van der Waals surface area contributed by atoms with E-state index in [0.29, 0.717) is 0 Å². The van der Waals surface area contributed by atoms with Crippen LogP contribution in [0.4, 0.5) is 0 Å². The number of hydrogen-bond acceptors (Lipinski definition) is 4. The molecule has 0 aromatic heterocycles. The van der Waals surface area contributed by atoms with E-state index in [9.17, 15) is 5.11 Å². The van der Waals surface area contributed by atoms with Gasteiger partial charge in [0.1, 0.15) is 6.10 Å². The summed E-state index contributed by atoms with van der Waals surface area (Å²) in [6.07, 6.45) is 0.309. The average molecular weight is 216 g/mol. The molecule has 0 aromatic rings. The third kappa shape index (κ3) is 1.60. The van der Waals surface area contributed by atoms with Gasteiger partial charge < -0.3 is 19.3 Å². The molecular weight excluding hydrogens is 196 g/mol. The summed E-state index contributed by atoms with van der Waals surface area (Å²) in [5.74, 6) is -0.577. The van der Waals surface area contributed by atoms with E-state index < -0.39 is 5.79 Å². The molecule has 4 heteroatoms. The largest absolute Gasteiger partial charge is 0.394 e. The fraction of sp³-hybridized carbons (Fsp3) is 1.00. The van der Waals surface area contributed by atoms with Gasteiger partial charge in [-0.15, -0.1) is 0 Å². The second-order valence-corrected chi connectivity index (χ2v) is 5.09. The van der Waals surface area contributed by atoms with E-state index in [1.165, 1.54) is 0 Å². The first-order chi connectivity index (χ1) is 6.93. The Morgan fingerprint density at radius 1 is 1.20 bits per heavy atom. The smallest absolute Gasteiger partial charge is 0.188 e. The maximum atomic E-state index is 9.28. The molecule has 0 bridgehead atoms. The Hall–Kier alpha value is -0.160. The van der Waals surface area contributed by atoms with E-state index in [-0.39, 0.29) is 30.5 Å². The Bertz CT molecular complexity index is 253. The summed E-state index contributed by atoms with van der Waals surface area (Å²) in [7, 11) is 0. The molecule has 0 aromatic carbocycles. The van der Waals surface area contributed by atoms with E-state index in [1.54, 1.807) is 0 Å². The highest BCUT2D eigenvalue weighted by molar-refractivity contribution is 5.00. The van der Waals surface area contributed by atoms with Crippen molar-refractivity contribution >= 4 is 0 Å². The van der Waals surface area contributed by atoms with Crippen molar-refractivity contribution in [1.29, 1.82) is 0 Å². The fourth-order valence-corrected chi connectivity index (χ4v) is 2.46. The molecule has 0 unspecified atom stereocenters. The van der Waals surface area contributed by atoms with E-state index in [1.807, 2.05) is 13.8 Å². The van der Waals surface area contributed by atoms with Gasteiger partial charge in [0.05, 0.1) is 12.7 Å². The van der Waals surface area contributed by atoms with Gasteiger partial charge in [-0.2, -0.15) is 0 Å². The maximum Gasteiger partial charge on any atom is 0.188 e. The van der Waals surface area contributed by atoms with Crippen molar-refractivity contribution in [1.82, 2.24) is 0 Å². The Balaban J connectivity index is 2.22. The van der Waals surface area contributed by atoms with Crippen LogP contribution in [0.2, 0.25) is 0 Å². The molecule has 0 amide bonds. The molecule has 0 saturated carbocycles. The zero-order valence-corrected chi connectivity index (χ0v) is 9.82. The summed E-state index contributed by atoms with van der Waals surface area (Å²) in [4.78, 5) is 0. The molecule has 2 saturated heterocycles. The quantitative estimate of drug-likeness (QED) is 0.755. The van der Waals surface area contributed by atoms with Gasteiger partial charge in [0, 0.05) is 5.41 Å². The van der Waals surface area contributed by atoms with Crippen LogP contribution in [-0.4, -0.2) is 36.0 Å². The summed E-state index contributed by atoms with van der Waals surface area (Å²) in [5.41, 5.74) is -0.160. The van der Waals surface area contributed by atoms with Gasteiger partial charge in [-0.25, -0.2) is 0 Å². The first-order valence-electron chi connectivity index (χ1n) is 5.55. The summed E-state index contributed by atoms with van der Waals surface area (Å²) in [6, 6.07) is 0. The number of fused-ring (bicyclic) bond motifs is 1. The summed E-state index contributed by atoms with van der Waals surface area (Å²) >= 11 is 0. The van der Waals surface area contributed by atoms with Crippen molar-refractivity contribution in [2.75, 3.05) is 6.61 Å². The van der Waals surface area contributed by atoms with Crippen LogP contribution in [-0.2, 0) is 14.2 Å². The fourth-order valence-electron chi connectivity index (χ4n) is 2.46. The van der Waals surface area contributed by atoms with Gasteiger partial charge in [-0.05, 0) is 20.3 Å². The number of rotatable bonds is 2. The van der Waals surface area contributed by atoms with Crippen LogP contribution in [0.25, 0.3) is 0 Å². The van der Waals surface area contributed by atoms with E-state index in [2.05, 4.69) is 13.8 Å². The van der Waals surface area contributed by atoms with Crippen LogP contribution in [0.5, 0.6) is 0 Å². The van der Waals surface area contributed by atoms with Crippen LogP contribution in [0.15, 0.2) is 0 Å². The predicted molar refractivity (Wildman–Crippen MR) is 54.2 cm³/mol. The standard InChI is InChI=1S/C11H20O4/c1-5-11(4)7(6-12)13-9-8(11)14-10(2,3)15-9/h7-9,12H,5-6H2,1-4H3/t7-,8+,9-,11-/m1/s1. The minimum atomic E-state index is -0.577. The van der Waals surface area contributed by atoms with Crippen molar-refractivity contribution in [3.05, 3.63) is 0 Å². The molecule has 2 aliphatic heterocycles. The topological polar surface area (TPSA) is 47.9 Å². The lowest BCUT2D eigenvalue weighted by molar-refractivity contribution is -0.221. The molecule has 2 fully saturated rings. The first kappa shape index (κ1) is 11.3. The van der Waals surface area contributed by atoms with Crippen molar-refractivity contribution in [3.8, 4) is 0 Å². The van der Waals surface area contributed by atoms with Gasteiger partial charge >= 0.3 is 0 Å². The predicted octanol–water partition coefficient (Wildman–Crippen LogP) is 1.27. The van der Waals surface area contributed by atoms with Gasteiger partial charge in [-0.1, -0.05) is 13.8 Å². The molecule has 4 nitrogen and oxygen atoms in total. The Morgan fingerprint density at radius 3 is 2.40 bits per heavy atom. The van der Waals surface area contributed by atoms with E-state index in [0.717, 1.165) is 6.42 Å². The molecule has 0 spiro atoms. The molecule has 2 aliphatic rings. The molecule has 1 N–H and O–H groups in total. The van der Waals surface area contributed by atoms with Crippen LogP contribution in [0.3, 0.4) is 0 Å². The minimum Gasteiger partial charge on any atom is -0.394 e. The Kier molecular flexibility index (Phi) is 2.58. The monoisotopic (exact) mass is 216 g/mol. The van der Waals surface area contributed by atoms with Crippen molar-refractivity contribution < 1.29 is 19.3 Å². The highest BCUT2D eigenvalue weighted by Gasteiger charge is 2.59. The molecule has 0 aliphatic carbocycles. The van der Waals surface area contributed by atoms with Crippen molar-refractivity contribution in [2.24, 2.45) is 5.41 Å². The normalized spacial score (nSPS) is 48.2. The van der Waals surface area contributed by atoms with Crippen LogP contribution >= 0.6 is 0 Å². The molecule has 0 radical (unpaired) electrons. The molecule has 2 heterocycles. The average Bonchev–Trinajstić information content (AvgIpc) is 2.60. The molecular formula is C11H20O4. The number of ether oxygens (including phenoxy) is 3. The third-order valence-electron chi connectivity index (χ3n) is 3.67. The van der Waals surface area contributed by atoms with E-state index in [4.69, 9.17) is 14.2 Å². The molecule has 4 atom stereocenters.